The van der Waals surface area contributed by atoms with Crippen LogP contribution in [0.4, 0.5) is 0 Å². The van der Waals surface area contributed by atoms with E-state index >= 15 is 0 Å². The van der Waals surface area contributed by atoms with Crippen molar-refractivity contribution in [3.05, 3.63) is 35.9 Å². The van der Waals surface area contributed by atoms with Crippen LogP contribution in [0.1, 0.15) is 90.4 Å². The van der Waals surface area contributed by atoms with E-state index in [1.165, 1.54) is 19.3 Å². The average molecular weight is 401 g/mol. The lowest BCUT2D eigenvalue weighted by atomic mass is 9.72. The highest BCUT2D eigenvalue weighted by molar-refractivity contribution is 5.95. The molecule has 0 aliphatic carbocycles. The van der Waals surface area contributed by atoms with E-state index in [1.54, 1.807) is 0 Å². The Morgan fingerprint density at radius 1 is 0.966 bits per heavy atom. The summed E-state index contributed by atoms with van der Waals surface area (Å²) in [7, 11) is 0. The molecule has 0 bridgehead atoms. The molecule has 29 heavy (non-hydrogen) atoms. The minimum Gasteiger partial charge on any atom is -0.343 e. The summed E-state index contributed by atoms with van der Waals surface area (Å²) in [5, 5.41) is 0. The standard InChI is InChI=1S/C25H40N2O2/c1-7-9-10-14-17-26(8-2)22(28)21-18-24(3,4)27(25(5,6)19-21)23(29)20-15-12-11-13-16-20/h11-13,15-16,21H,7-10,14,17-19H2,1-6H3. The van der Waals surface area contributed by atoms with Crippen LogP contribution in [0.15, 0.2) is 30.3 Å². The second kappa shape index (κ2) is 9.77. The highest BCUT2D eigenvalue weighted by atomic mass is 16.2. The number of benzene rings is 1. The summed E-state index contributed by atoms with van der Waals surface area (Å²) in [6.07, 6.45) is 6.10. The molecule has 0 radical (unpaired) electrons. The van der Waals surface area contributed by atoms with Gasteiger partial charge >= 0.3 is 0 Å². The number of likely N-dealkylation sites (tertiary alicyclic amines) is 1. The van der Waals surface area contributed by atoms with Gasteiger partial charge in [0.25, 0.3) is 5.91 Å². The van der Waals surface area contributed by atoms with Crippen LogP contribution in [-0.2, 0) is 4.79 Å². The summed E-state index contributed by atoms with van der Waals surface area (Å²) >= 11 is 0. The largest absolute Gasteiger partial charge is 0.343 e. The maximum Gasteiger partial charge on any atom is 0.254 e. The van der Waals surface area contributed by atoms with Crippen LogP contribution >= 0.6 is 0 Å². The topological polar surface area (TPSA) is 40.6 Å². The van der Waals surface area contributed by atoms with Crippen LogP contribution < -0.4 is 0 Å². The van der Waals surface area contributed by atoms with Gasteiger partial charge in [-0.25, -0.2) is 0 Å². The molecule has 1 heterocycles. The Bertz CT molecular complexity index is 663. The molecule has 4 heteroatoms. The number of amides is 2. The SMILES string of the molecule is CCCCCCN(CC)C(=O)C1CC(C)(C)N(C(=O)c2ccccc2)C(C)(C)C1. The quantitative estimate of drug-likeness (QED) is 0.539. The third kappa shape index (κ3) is 5.61. The molecule has 1 aliphatic rings. The fourth-order valence-corrected chi connectivity index (χ4v) is 5.13. The van der Waals surface area contributed by atoms with E-state index in [9.17, 15) is 9.59 Å². The fourth-order valence-electron chi connectivity index (χ4n) is 5.13. The summed E-state index contributed by atoms with van der Waals surface area (Å²) in [6.45, 7) is 14.3. The molecule has 0 N–H and O–H groups in total. The van der Waals surface area contributed by atoms with Gasteiger partial charge in [-0.05, 0) is 66.0 Å². The predicted molar refractivity (Wildman–Crippen MR) is 120 cm³/mol. The van der Waals surface area contributed by atoms with E-state index in [4.69, 9.17) is 0 Å². The van der Waals surface area contributed by atoms with Crippen molar-refractivity contribution in [2.75, 3.05) is 13.1 Å². The van der Waals surface area contributed by atoms with Crippen molar-refractivity contribution in [3.8, 4) is 0 Å². The number of carbonyl (C=O) groups excluding carboxylic acids is 2. The van der Waals surface area contributed by atoms with Crippen LogP contribution in [-0.4, -0.2) is 45.8 Å². The molecule has 1 saturated heterocycles. The molecule has 1 aromatic carbocycles. The first-order valence-electron chi connectivity index (χ1n) is 11.3. The van der Waals surface area contributed by atoms with Crippen molar-refractivity contribution in [2.24, 2.45) is 5.92 Å². The molecule has 0 atom stereocenters. The molecule has 0 spiro atoms. The molecule has 4 nitrogen and oxygen atoms in total. The molecule has 0 aromatic heterocycles. The van der Waals surface area contributed by atoms with Crippen molar-refractivity contribution in [1.29, 1.82) is 0 Å². The third-order valence-corrected chi connectivity index (χ3v) is 6.25. The first-order valence-corrected chi connectivity index (χ1v) is 11.3. The van der Waals surface area contributed by atoms with E-state index < -0.39 is 0 Å². The van der Waals surface area contributed by atoms with E-state index in [-0.39, 0.29) is 28.8 Å². The number of unbranched alkanes of at least 4 members (excludes halogenated alkanes) is 3. The third-order valence-electron chi connectivity index (χ3n) is 6.25. The number of piperidine rings is 1. The van der Waals surface area contributed by atoms with E-state index in [1.807, 2.05) is 40.1 Å². The zero-order valence-electron chi connectivity index (χ0n) is 19.3. The maximum absolute atomic E-state index is 13.3. The molecule has 162 valence electrons. The fraction of sp³-hybridized carbons (Fsp3) is 0.680. The van der Waals surface area contributed by atoms with Gasteiger partial charge in [-0.15, -0.1) is 0 Å². The average Bonchev–Trinajstić information content (AvgIpc) is 2.66. The molecular weight excluding hydrogens is 360 g/mol. The van der Waals surface area contributed by atoms with Gasteiger partial charge in [-0.1, -0.05) is 44.4 Å². The highest BCUT2D eigenvalue weighted by Crippen LogP contribution is 2.43. The van der Waals surface area contributed by atoms with Crippen molar-refractivity contribution >= 4 is 11.8 Å². The van der Waals surface area contributed by atoms with Crippen molar-refractivity contribution in [1.82, 2.24) is 9.80 Å². The lowest BCUT2D eigenvalue weighted by Crippen LogP contribution is -2.64. The summed E-state index contributed by atoms with van der Waals surface area (Å²) in [6, 6.07) is 9.49. The first kappa shape index (κ1) is 23.4. The Morgan fingerprint density at radius 2 is 1.55 bits per heavy atom. The number of rotatable bonds is 8. The molecule has 0 saturated carbocycles. The lowest BCUT2D eigenvalue weighted by molar-refractivity contribution is -0.142. The van der Waals surface area contributed by atoms with Gasteiger partial charge in [-0.3, -0.25) is 9.59 Å². The molecule has 0 unspecified atom stereocenters. The molecule has 1 fully saturated rings. The smallest absolute Gasteiger partial charge is 0.254 e. The van der Waals surface area contributed by atoms with E-state index in [0.29, 0.717) is 18.4 Å². The van der Waals surface area contributed by atoms with Crippen molar-refractivity contribution in [3.63, 3.8) is 0 Å². The highest BCUT2D eigenvalue weighted by Gasteiger charge is 2.50. The zero-order chi connectivity index (χ0) is 21.7. The normalized spacial score (nSPS) is 18.5. The lowest BCUT2D eigenvalue weighted by Gasteiger charge is -2.55. The monoisotopic (exact) mass is 400 g/mol. The molecular formula is C25H40N2O2. The van der Waals surface area contributed by atoms with Gasteiger partial charge in [0, 0.05) is 35.6 Å². The zero-order valence-corrected chi connectivity index (χ0v) is 19.3. The van der Waals surface area contributed by atoms with Gasteiger partial charge in [0.05, 0.1) is 0 Å². The van der Waals surface area contributed by atoms with E-state index in [2.05, 4.69) is 41.5 Å². The van der Waals surface area contributed by atoms with Gasteiger partial charge in [0.2, 0.25) is 5.91 Å². The second-order valence-electron chi connectivity index (χ2n) is 9.72. The van der Waals surface area contributed by atoms with Crippen LogP contribution in [0.5, 0.6) is 0 Å². The number of nitrogens with zero attached hydrogens (tertiary/aromatic N) is 2. The van der Waals surface area contributed by atoms with Crippen LogP contribution in [0.3, 0.4) is 0 Å². The van der Waals surface area contributed by atoms with Crippen LogP contribution in [0.25, 0.3) is 0 Å². The van der Waals surface area contributed by atoms with E-state index in [0.717, 1.165) is 19.5 Å². The minimum absolute atomic E-state index is 0.0362. The summed E-state index contributed by atoms with van der Waals surface area (Å²) < 4.78 is 0. The summed E-state index contributed by atoms with van der Waals surface area (Å²) in [4.78, 5) is 30.7. The minimum atomic E-state index is -0.378. The number of hydrogen-bond donors (Lipinski definition) is 0. The molecule has 2 amide bonds. The Labute approximate surface area is 177 Å². The maximum atomic E-state index is 13.3. The number of carbonyl (C=O) groups is 2. The van der Waals surface area contributed by atoms with Crippen molar-refractivity contribution < 1.29 is 9.59 Å². The van der Waals surface area contributed by atoms with Crippen LogP contribution in [0.2, 0.25) is 0 Å². The molecule has 1 aliphatic heterocycles. The van der Waals surface area contributed by atoms with Crippen LogP contribution in [0, 0.1) is 5.92 Å². The molecule has 1 aromatic rings. The molecule has 2 rings (SSSR count). The van der Waals surface area contributed by atoms with Gasteiger partial charge in [0.1, 0.15) is 0 Å². The Balaban J connectivity index is 2.16. The van der Waals surface area contributed by atoms with Gasteiger partial charge in [-0.2, -0.15) is 0 Å². The predicted octanol–water partition coefficient (Wildman–Crippen LogP) is 5.52. The van der Waals surface area contributed by atoms with Crippen molar-refractivity contribution in [2.45, 2.75) is 91.1 Å². The van der Waals surface area contributed by atoms with Gasteiger partial charge in [0.15, 0.2) is 0 Å². The van der Waals surface area contributed by atoms with Gasteiger partial charge < -0.3 is 9.80 Å². The Hall–Kier alpha value is -1.84. The number of hydrogen-bond acceptors (Lipinski definition) is 2. The Morgan fingerprint density at radius 3 is 2.07 bits per heavy atom. The first-order chi connectivity index (χ1) is 13.6. The summed E-state index contributed by atoms with van der Waals surface area (Å²) in [5.41, 5.74) is -0.0442. The second-order valence-corrected chi connectivity index (χ2v) is 9.72. The Kier molecular flexibility index (Phi) is 7.90. The summed E-state index contributed by atoms with van der Waals surface area (Å²) in [5.74, 6) is 0.279.